The molecular weight excluding hydrogens is 240 g/mol. The van der Waals surface area contributed by atoms with Gasteiger partial charge in [0.25, 0.3) is 0 Å². The third kappa shape index (κ3) is 5.16. The van der Waals surface area contributed by atoms with Gasteiger partial charge in [0.1, 0.15) is 0 Å². The molecule has 0 saturated carbocycles. The van der Waals surface area contributed by atoms with Crippen molar-refractivity contribution in [1.82, 2.24) is 4.72 Å². The molecule has 0 atom stereocenters. The largest absolute Gasteiger partial charge is 0.291 e. The highest BCUT2D eigenvalue weighted by Crippen LogP contribution is 2.13. The van der Waals surface area contributed by atoms with Crippen LogP contribution in [0.5, 0.6) is 0 Å². The first kappa shape index (κ1) is 14.0. The molecule has 0 aliphatic carbocycles. The summed E-state index contributed by atoms with van der Waals surface area (Å²) >= 11 is 0. The maximum atomic E-state index is 11.8. The van der Waals surface area contributed by atoms with Crippen LogP contribution in [0.25, 0.3) is 0 Å². The Labute approximate surface area is 102 Å². The minimum atomic E-state index is -3.38. The second-order valence-electron chi connectivity index (χ2n) is 4.92. The Hall–Kier alpha value is -1.11. The molecule has 0 amide bonds. The van der Waals surface area contributed by atoms with E-state index in [-0.39, 0.29) is 5.75 Å². The Bertz CT molecular complexity index is 478. The fraction of sp³-hybridized carbons (Fsp3) is 0.455. The van der Waals surface area contributed by atoms with Crippen LogP contribution in [0.15, 0.2) is 24.3 Å². The highest BCUT2D eigenvalue weighted by atomic mass is 32.2. The van der Waals surface area contributed by atoms with Crippen LogP contribution in [0.2, 0.25) is 0 Å². The fourth-order valence-corrected chi connectivity index (χ4v) is 3.08. The van der Waals surface area contributed by atoms with Crippen LogP contribution in [-0.2, 0) is 15.8 Å². The van der Waals surface area contributed by atoms with Gasteiger partial charge in [-0.3, -0.25) is 10.7 Å². The molecule has 3 N–H and O–H groups in total. The van der Waals surface area contributed by atoms with E-state index in [1.54, 1.807) is 45.0 Å². The number of anilines is 1. The van der Waals surface area contributed by atoms with Crippen LogP contribution in [0.1, 0.15) is 26.3 Å². The van der Waals surface area contributed by atoms with Crippen molar-refractivity contribution in [1.29, 1.82) is 0 Å². The molecule has 0 fully saturated rings. The van der Waals surface area contributed by atoms with Gasteiger partial charge in [-0.15, -0.1) is 0 Å². The Kier molecular flexibility index (Phi) is 4.13. The van der Waals surface area contributed by atoms with E-state index in [2.05, 4.69) is 4.72 Å². The summed E-state index contributed by atoms with van der Waals surface area (Å²) in [6.45, 7) is 5.36. The summed E-state index contributed by atoms with van der Waals surface area (Å²) in [6, 6.07) is 6.61. The summed E-state index contributed by atoms with van der Waals surface area (Å²) in [5.74, 6) is -0.111. The molecule has 1 aromatic rings. The van der Waals surface area contributed by atoms with Gasteiger partial charge in [-0.05, 0) is 38.5 Å². The van der Waals surface area contributed by atoms with E-state index in [4.69, 9.17) is 5.21 Å². The van der Waals surface area contributed by atoms with E-state index in [0.29, 0.717) is 11.3 Å². The summed E-state index contributed by atoms with van der Waals surface area (Å²) in [6.07, 6.45) is 0. The van der Waals surface area contributed by atoms with Crippen molar-refractivity contribution < 1.29 is 13.6 Å². The summed E-state index contributed by atoms with van der Waals surface area (Å²) in [4.78, 5) is 0. The van der Waals surface area contributed by atoms with Crippen molar-refractivity contribution in [2.45, 2.75) is 32.1 Å². The molecule has 0 aliphatic rings. The van der Waals surface area contributed by atoms with Crippen LogP contribution in [0.3, 0.4) is 0 Å². The third-order valence-corrected chi connectivity index (χ3v) is 3.51. The quantitative estimate of drug-likeness (QED) is 0.718. The highest BCUT2D eigenvalue weighted by Gasteiger charge is 2.20. The summed E-state index contributed by atoms with van der Waals surface area (Å²) in [5.41, 5.74) is 2.57. The van der Waals surface area contributed by atoms with Gasteiger partial charge in [-0.1, -0.05) is 12.1 Å². The normalized spacial score (nSPS) is 12.5. The lowest BCUT2D eigenvalue weighted by molar-refractivity contribution is 0.389. The second-order valence-corrected chi connectivity index (χ2v) is 6.65. The lowest BCUT2D eigenvalue weighted by Crippen LogP contribution is -2.41. The number of hydrogen-bond acceptors (Lipinski definition) is 4. The predicted octanol–water partition coefficient (Wildman–Crippen LogP) is 1.71. The van der Waals surface area contributed by atoms with Crippen LogP contribution in [0, 0.1) is 0 Å². The zero-order chi connectivity index (χ0) is 13.1. The monoisotopic (exact) mass is 258 g/mol. The summed E-state index contributed by atoms with van der Waals surface area (Å²) in [5, 5.41) is 8.73. The fourth-order valence-electron chi connectivity index (χ4n) is 1.45. The summed E-state index contributed by atoms with van der Waals surface area (Å²) in [7, 11) is -3.38. The molecule has 0 aliphatic heterocycles. The van der Waals surface area contributed by atoms with Crippen LogP contribution < -0.4 is 10.2 Å². The zero-order valence-corrected chi connectivity index (χ0v) is 11.0. The lowest BCUT2D eigenvalue weighted by atomic mass is 10.1. The van der Waals surface area contributed by atoms with Crippen molar-refractivity contribution in [3.8, 4) is 0 Å². The summed E-state index contributed by atoms with van der Waals surface area (Å²) < 4.78 is 26.2. The molecule has 1 aromatic carbocycles. The number of sulfonamides is 1. The molecule has 17 heavy (non-hydrogen) atoms. The SMILES string of the molecule is CC(C)(C)NS(=O)(=O)Cc1cccc(NO)c1. The van der Waals surface area contributed by atoms with Crippen LogP contribution >= 0.6 is 0 Å². The average molecular weight is 258 g/mol. The van der Waals surface area contributed by atoms with Gasteiger partial charge in [-0.2, -0.15) is 0 Å². The molecule has 0 bridgehead atoms. The lowest BCUT2D eigenvalue weighted by Gasteiger charge is -2.20. The predicted molar refractivity (Wildman–Crippen MR) is 67.4 cm³/mol. The molecule has 5 nitrogen and oxygen atoms in total. The van der Waals surface area contributed by atoms with Crippen molar-refractivity contribution in [3.05, 3.63) is 29.8 Å². The number of nitrogens with one attached hydrogen (secondary N) is 2. The van der Waals surface area contributed by atoms with E-state index >= 15 is 0 Å². The molecule has 6 heteroatoms. The molecule has 96 valence electrons. The van der Waals surface area contributed by atoms with E-state index < -0.39 is 15.6 Å². The highest BCUT2D eigenvalue weighted by molar-refractivity contribution is 7.88. The Balaban J connectivity index is 2.83. The Morgan fingerprint density at radius 3 is 2.47 bits per heavy atom. The number of hydrogen-bond donors (Lipinski definition) is 3. The average Bonchev–Trinajstić information content (AvgIpc) is 2.13. The van der Waals surface area contributed by atoms with Gasteiger partial charge in [0.2, 0.25) is 10.0 Å². The molecule has 0 radical (unpaired) electrons. The van der Waals surface area contributed by atoms with E-state index in [1.165, 1.54) is 0 Å². The van der Waals surface area contributed by atoms with Gasteiger partial charge in [0.05, 0.1) is 11.4 Å². The topological polar surface area (TPSA) is 78.4 Å². The number of rotatable bonds is 4. The zero-order valence-electron chi connectivity index (χ0n) is 10.2. The smallest absolute Gasteiger partial charge is 0.216 e. The molecule has 0 saturated heterocycles. The van der Waals surface area contributed by atoms with Crippen LogP contribution in [-0.4, -0.2) is 19.2 Å². The molecule has 0 aromatic heterocycles. The first-order chi connectivity index (χ1) is 7.72. The van der Waals surface area contributed by atoms with Crippen molar-refractivity contribution in [2.24, 2.45) is 0 Å². The van der Waals surface area contributed by atoms with Gasteiger partial charge in [0, 0.05) is 5.54 Å². The molecule has 0 spiro atoms. The Morgan fingerprint density at radius 1 is 1.29 bits per heavy atom. The van der Waals surface area contributed by atoms with Gasteiger partial charge in [0.15, 0.2) is 0 Å². The third-order valence-electron chi connectivity index (χ3n) is 1.87. The molecule has 0 heterocycles. The molecule has 0 unspecified atom stereocenters. The molecule has 1 rings (SSSR count). The van der Waals surface area contributed by atoms with Gasteiger partial charge < -0.3 is 0 Å². The first-order valence-electron chi connectivity index (χ1n) is 5.22. The minimum Gasteiger partial charge on any atom is -0.291 e. The Morgan fingerprint density at radius 2 is 1.94 bits per heavy atom. The minimum absolute atomic E-state index is 0.111. The standard InChI is InChI=1S/C11H18N2O3S/c1-11(2,3)13-17(15,16)8-9-5-4-6-10(7-9)12-14/h4-7,12-14H,8H2,1-3H3. The van der Waals surface area contributed by atoms with Crippen molar-refractivity contribution in [3.63, 3.8) is 0 Å². The van der Waals surface area contributed by atoms with Gasteiger partial charge >= 0.3 is 0 Å². The van der Waals surface area contributed by atoms with Crippen molar-refractivity contribution >= 4 is 15.7 Å². The second kappa shape index (κ2) is 5.03. The van der Waals surface area contributed by atoms with Crippen molar-refractivity contribution in [2.75, 3.05) is 5.48 Å². The van der Waals surface area contributed by atoms with Crippen LogP contribution in [0.4, 0.5) is 5.69 Å². The molecular formula is C11H18N2O3S. The first-order valence-corrected chi connectivity index (χ1v) is 6.88. The maximum absolute atomic E-state index is 11.8. The van der Waals surface area contributed by atoms with E-state index in [0.717, 1.165) is 0 Å². The van der Waals surface area contributed by atoms with Gasteiger partial charge in [-0.25, -0.2) is 13.1 Å². The maximum Gasteiger partial charge on any atom is 0.216 e. The van der Waals surface area contributed by atoms with E-state index in [1.807, 2.05) is 5.48 Å². The number of benzene rings is 1. The van der Waals surface area contributed by atoms with E-state index in [9.17, 15) is 8.42 Å².